The highest BCUT2D eigenvalue weighted by molar-refractivity contribution is 6.06. The minimum absolute atomic E-state index is 0.156. The number of rotatable bonds is 6. The first-order chi connectivity index (χ1) is 19.5. The van der Waals surface area contributed by atoms with Crippen molar-refractivity contribution >= 4 is 17.3 Å². The number of hydrogen-bond donors (Lipinski definition) is 3. The van der Waals surface area contributed by atoms with Gasteiger partial charge in [0.15, 0.2) is 12.0 Å². The molecule has 0 fully saturated rings. The third kappa shape index (κ3) is 6.62. The number of nitrogens with one attached hydrogen (secondary N) is 2. The maximum atomic E-state index is 15.1. The topological polar surface area (TPSA) is 61.4 Å². The highest BCUT2D eigenvalue weighted by Gasteiger charge is 2.74. The van der Waals surface area contributed by atoms with Crippen LogP contribution in [0.5, 0.6) is 0 Å². The number of alkyl halides is 13. The number of aliphatic hydroxyl groups excluding tert-OH is 1. The lowest BCUT2D eigenvalue weighted by molar-refractivity contribution is -0.348. The molecule has 0 aliphatic heterocycles. The quantitative estimate of drug-likeness (QED) is 0.187. The van der Waals surface area contributed by atoms with Crippen molar-refractivity contribution in [1.82, 2.24) is 0 Å². The molecule has 43 heavy (non-hydrogen) atoms. The molecule has 0 spiro atoms. The monoisotopic (exact) mass is 640 g/mol. The zero-order chi connectivity index (χ0) is 32.8. The van der Waals surface area contributed by atoms with E-state index >= 15 is 4.39 Å². The van der Waals surface area contributed by atoms with E-state index in [1.165, 1.54) is 24.3 Å². The van der Waals surface area contributed by atoms with Gasteiger partial charge in [0.1, 0.15) is 0 Å². The molecule has 3 aromatic rings. The lowest BCUT2D eigenvalue weighted by Gasteiger charge is -2.32. The van der Waals surface area contributed by atoms with E-state index in [1.807, 2.05) is 0 Å². The fourth-order valence-corrected chi connectivity index (χ4v) is 3.78. The summed E-state index contributed by atoms with van der Waals surface area (Å²) < 4.78 is 191. The summed E-state index contributed by atoms with van der Waals surface area (Å²) in [6, 6.07) is 7.21. The average molecular weight is 640 g/mol. The molecule has 234 valence electrons. The average Bonchev–Trinajstić information content (AvgIpc) is 2.87. The summed E-state index contributed by atoms with van der Waals surface area (Å²) in [5.74, 6) is -3.71. The third-order valence-corrected chi connectivity index (χ3v) is 5.82. The molecule has 0 bridgehead atoms. The van der Waals surface area contributed by atoms with E-state index < -0.39 is 94.1 Å². The van der Waals surface area contributed by atoms with Gasteiger partial charge in [0, 0.05) is 11.1 Å². The van der Waals surface area contributed by atoms with Crippen LogP contribution in [0.1, 0.15) is 38.8 Å². The van der Waals surface area contributed by atoms with Gasteiger partial charge in [0.25, 0.3) is 5.91 Å². The second-order valence-corrected chi connectivity index (χ2v) is 8.67. The maximum absolute atomic E-state index is 15.1. The van der Waals surface area contributed by atoms with Crippen molar-refractivity contribution < 1.29 is 71.4 Å². The Hall–Kier alpha value is -4.09. The summed E-state index contributed by atoms with van der Waals surface area (Å²) >= 11 is 0. The van der Waals surface area contributed by atoms with Crippen molar-refractivity contribution in [3.8, 4) is 0 Å². The van der Waals surface area contributed by atoms with Crippen LogP contribution < -0.4 is 10.6 Å². The van der Waals surface area contributed by atoms with Crippen molar-refractivity contribution in [3.05, 3.63) is 94.3 Å². The second kappa shape index (κ2) is 11.2. The van der Waals surface area contributed by atoms with Crippen molar-refractivity contribution in [3.63, 3.8) is 0 Å². The van der Waals surface area contributed by atoms with Crippen LogP contribution in [0.25, 0.3) is 0 Å². The number of benzene rings is 3. The lowest BCUT2D eigenvalue weighted by atomic mass is 9.89. The van der Waals surface area contributed by atoms with E-state index in [2.05, 4.69) is 5.32 Å². The number of amides is 1. The van der Waals surface area contributed by atoms with Gasteiger partial charge in [-0.05, 0) is 24.3 Å². The molecule has 0 radical (unpaired) electrons. The first-order valence-corrected chi connectivity index (χ1v) is 11.2. The number of halogens is 14. The van der Waals surface area contributed by atoms with Crippen LogP contribution in [-0.4, -0.2) is 23.4 Å². The van der Waals surface area contributed by atoms with Crippen molar-refractivity contribution in [2.45, 2.75) is 36.6 Å². The van der Waals surface area contributed by atoms with Crippen LogP contribution in [0.15, 0.2) is 60.7 Å². The maximum Gasteiger partial charge on any atom is 0.435 e. The van der Waals surface area contributed by atoms with Crippen LogP contribution in [0.4, 0.5) is 72.8 Å². The molecule has 3 aromatic carbocycles. The predicted octanol–water partition coefficient (Wildman–Crippen LogP) is 8.51. The highest BCUT2D eigenvalue weighted by Crippen LogP contribution is 2.55. The van der Waals surface area contributed by atoms with E-state index in [0.717, 1.165) is 17.4 Å². The molecule has 18 heteroatoms. The minimum Gasteiger partial charge on any atom is -0.369 e. The lowest BCUT2D eigenvalue weighted by Crippen LogP contribution is -2.50. The summed E-state index contributed by atoms with van der Waals surface area (Å²) in [5.41, 5.74) is -20.0. The van der Waals surface area contributed by atoms with Gasteiger partial charge < -0.3 is 15.7 Å². The minimum atomic E-state index is -7.08. The zero-order valence-electron chi connectivity index (χ0n) is 20.5. The molecule has 0 aromatic heterocycles. The number of hydrogen-bond acceptors (Lipinski definition) is 3. The summed E-state index contributed by atoms with van der Waals surface area (Å²) in [6.45, 7) is 0. The SMILES string of the molecule is O=C(Nc1c(C(F)(F)F)cc(C(F)(C(F)(F)F)C(F)(F)F)cc1C(F)(F)F)c1cccc(NC(O)c2ccccc2)c1F. The Morgan fingerprint density at radius 3 is 1.63 bits per heavy atom. The second-order valence-electron chi connectivity index (χ2n) is 8.67. The summed E-state index contributed by atoms with van der Waals surface area (Å²) in [5, 5.41) is 13.4. The molecular weight excluding hydrogens is 626 g/mol. The van der Waals surface area contributed by atoms with Crippen LogP contribution in [0.2, 0.25) is 0 Å². The molecule has 1 amide bonds. The molecule has 4 nitrogen and oxygen atoms in total. The predicted molar refractivity (Wildman–Crippen MR) is 121 cm³/mol. The number of carbonyl (C=O) groups is 1. The molecule has 3 N–H and O–H groups in total. The van der Waals surface area contributed by atoms with Crippen LogP contribution in [0, 0.1) is 5.82 Å². The van der Waals surface area contributed by atoms with Crippen molar-refractivity contribution in [1.29, 1.82) is 0 Å². The molecule has 0 aliphatic carbocycles. The molecule has 1 unspecified atom stereocenters. The Bertz CT molecular complexity index is 1430. The third-order valence-electron chi connectivity index (χ3n) is 5.82. The molecule has 1 atom stereocenters. The molecule has 0 saturated heterocycles. The van der Waals surface area contributed by atoms with Gasteiger partial charge in [0.05, 0.1) is 28.1 Å². The zero-order valence-corrected chi connectivity index (χ0v) is 20.5. The van der Waals surface area contributed by atoms with Crippen molar-refractivity contribution in [2.24, 2.45) is 0 Å². The first kappa shape index (κ1) is 33.4. The highest BCUT2D eigenvalue weighted by atomic mass is 19.4. The smallest absolute Gasteiger partial charge is 0.369 e. The van der Waals surface area contributed by atoms with E-state index in [-0.39, 0.29) is 5.56 Å². The van der Waals surface area contributed by atoms with Gasteiger partial charge in [0.2, 0.25) is 0 Å². The Labute approximate surface area is 230 Å². The van der Waals surface area contributed by atoms with Crippen molar-refractivity contribution in [2.75, 3.05) is 10.6 Å². The van der Waals surface area contributed by atoms with E-state index in [4.69, 9.17) is 0 Å². The molecule has 0 aliphatic rings. The van der Waals surface area contributed by atoms with Crippen LogP contribution >= 0.6 is 0 Å². The Morgan fingerprint density at radius 1 is 0.698 bits per heavy atom. The van der Waals surface area contributed by atoms with Crippen LogP contribution in [0.3, 0.4) is 0 Å². The van der Waals surface area contributed by atoms with Gasteiger partial charge in [-0.1, -0.05) is 36.4 Å². The largest absolute Gasteiger partial charge is 0.435 e. The summed E-state index contributed by atoms with van der Waals surface area (Å²) in [7, 11) is 0. The molecule has 0 saturated carbocycles. The van der Waals surface area contributed by atoms with Gasteiger partial charge in [-0.2, -0.15) is 52.7 Å². The van der Waals surface area contributed by atoms with E-state index in [9.17, 15) is 67.0 Å². The summed E-state index contributed by atoms with van der Waals surface area (Å²) in [4.78, 5) is 12.7. The first-order valence-electron chi connectivity index (χ1n) is 11.2. The molecule has 3 rings (SSSR count). The molecule has 0 heterocycles. The number of carbonyl (C=O) groups excluding carboxylic acids is 1. The van der Waals surface area contributed by atoms with Gasteiger partial charge >= 0.3 is 30.4 Å². The van der Waals surface area contributed by atoms with Gasteiger partial charge in [-0.3, -0.25) is 4.79 Å². The van der Waals surface area contributed by atoms with E-state index in [0.29, 0.717) is 6.07 Å². The Morgan fingerprint density at radius 2 is 1.19 bits per heavy atom. The van der Waals surface area contributed by atoms with Gasteiger partial charge in [-0.15, -0.1) is 0 Å². The number of aliphatic hydroxyl groups is 1. The molecular formula is C25H14F14N2O2. The van der Waals surface area contributed by atoms with Crippen LogP contribution in [-0.2, 0) is 18.0 Å². The fourth-order valence-electron chi connectivity index (χ4n) is 3.78. The number of anilines is 2. The van der Waals surface area contributed by atoms with Gasteiger partial charge in [-0.25, -0.2) is 8.78 Å². The van der Waals surface area contributed by atoms with E-state index in [1.54, 1.807) is 6.07 Å². The summed E-state index contributed by atoms with van der Waals surface area (Å²) in [6.07, 6.45) is -28.2. The normalized spacial score (nSPS) is 13.9. The standard InChI is InChI=1S/C25H14F14N2O2/c26-17-13(7-4-8-16(17)40-19(42)11-5-2-1-3-6-11)20(43)41-18-14(22(28,29)30)9-12(10-15(18)23(31,32)33)21(27,24(34,35)36)25(37,38)39/h1-10,19,40,42H,(H,41,43). The Kier molecular flexibility index (Phi) is 8.70. The fraction of sp³-hybridized carbons (Fsp3) is 0.240. The Balaban J connectivity index is 2.18.